The molecule has 0 aliphatic carbocycles. The van der Waals surface area contributed by atoms with Gasteiger partial charge < -0.3 is 0 Å². The first-order valence-electron chi connectivity index (χ1n) is 2.44. The van der Waals surface area contributed by atoms with Crippen LogP contribution in [0.25, 0.3) is 0 Å². The van der Waals surface area contributed by atoms with Crippen LogP contribution in [0.1, 0.15) is 9.88 Å². The number of aryl methyl sites for hydroxylation is 1. The lowest BCUT2D eigenvalue weighted by Crippen LogP contribution is -1.60. The summed E-state index contributed by atoms with van der Waals surface area (Å²) in [5.74, 6) is 0. The first-order chi connectivity index (χ1) is 3.83. The molecule has 0 bridgehead atoms. The van der Waals surface area contributed by atoms with Crippen LogP contribution in [0, 0.1) is 6.92 Å². The maximum absolute atomic E-state index is 4.09. The Morgan fingerprint density at radius 2 is 2.62 bits per heavy atom. The van der Waals surface area contributed by atoms with E-state index < -0.39 is 0 Å². The molecule has 1 nitrogen and oxygen atoms in total. The lowest BCUT2D eigenvalue weighted by atomic mass is 10.6. The molecule has 8 heavy (non-hydrogen) atoms. The zero-order valence-electron chi connectivity index (χ0n) is 4.72. The van der Waals surface area contributed by atoms with Crippen molar-refractivity contribution in [3.8, 4) is 0 Å². The highest BCUT2D eigenvalue weighted by Crippen LogP contribution is 2.13. The molecule has 1 atom stereocenters. The molecular weight excluding hydrogens is 137 g/mol. The van der Waals surface area contributed by atoms with Gasteiger partial charge in [0.15, 0.2) is 0 Å². The standard InChI is InChI=1S/C5H8NPS/c1-4-6-2-5(3-7)8-4/h2H,3,7H2,1H3. The van der Waals surface area contributed by atoms with Crippen molar-refractivity contribution in [3.05, 3.63) is 16.1 Å². The van der Waals surface area contributed by atoms with Crippen LogP contribution in [0.2, 0.25) is 0 Å². The first kappa shape index (κ1) is 6.18. The second kappa shape index (κ2) is 2.56. The molecule has 0 aliphatic heterocycles. The Labute approximate surface area is 55.4 Å². The Morgan fingerprint density at radius 1 is 1.88 bits per heavy atom. The number of hydrogen-bond acceptors (Lipinski definition) is 2. The van der Waals surface area contributed by atoms with Crippen LogP contribution >= 0.6 is 20.6 Å². The van der Waals surface area contributed by atoms with Crippen molar-refractivity contribution in [1.29, 1.82) is 0 Å². The molecule has 1 aromatic heterocycles. The summed E-state index contributed by atoms with van der Waals surface area (Å²) in [5.41, 5.74) is 0. The fourth-order valence-electron chi connectivity index (χ4n) is 0.500. The second-order valence-electron chi connectivity index (χ2n) is 1.55. The van der Waals surface area contributed by atoms with Gasteiger partial charge >= 0.3 is 0 Å². The van der Waals surface area contributed by atoms with Gasteiger partial charge in [0.1, 0.15) is 0 Å². The molecule has 0 N–H and O–H groups in total. The predicted octanol–water partition coefficient (Wildman–Crippen LogP) is 1.83. The van der Waals surface area contributed by atoms with E-state index >= 15 is 0 Å². The first-order valence-corrected chi connectivity index (χ1v) is 4.07. The molecule has 0 saturated carbocycles. The van der Waals surface area contributed by atoms with Crippen LogP contribution in [0.15, 0.2) is 6.20 Å². The monoisotopic (exact) mass is 145 g/mol. The van der Waals surface area contributed by atoms with E-state index in [0.717, 1.165) is 11.2 Å². The number of hydrogen-bond donors (Lipinski definition) is 0. The molecule has 1 unspecified atom stereocenters. The van der Waals surface area contributed by atoms with Gasteiger partial charge in [0.2, 0.25) is 0 Å². The van der Waals surface area contributed by atoms with Crippen LogP contribution in [0.4, 0.5) is 0 Å². The van der Waals surface area contributed by atoms with Gasteiger partial charge in [-0.3, -0.25) is 0 Å². The molecule has 1 rings (SSSR count). The number of aromatic nitrogens is 1. The highest BCUT2D eigenvalue weighted by atomic mass is 32.1. The summed E-state index contributed by atoms with van der Waals surface area (Å²) < 4.78 is 0. The van der Waals surface area contributed by atoms with Gasteiger partial charge in [-0.2, -0.15) is 0 Å². The topological polar surface area (TPSA) is 12.9 Å². The summed E-state index contributed by atoms with van der Waals surface area (Å²) in [4.78, 5) is 5.43. The van der Waals surface area contributed by atoms with Gasteiger partial charge in [-0.15, -0.1) is 20.6 Å². The van der Waals surface area contributed by atoms with Crippen LogP contribution in [0.3, 0.4) is 0 Å². The Kier molecular flexibility index (Phi) is 1.98. The van der Waals surface area contributed by atoms with Crippen LogP contribution < -0.4 is 0 Å². The predicted molar refractivity (Wildman–Crippen MR) is 40.3 cm³/mol. The van der Waals surface area contributed by atoms with E-state index in [1.165, 1.54) is 4.88 Å². The fourth-order valence-corrected chi connectivity index (χ4v) is 1.53. The molecular formula is C5H8NPS. The molecule has 1 heterocycles. The third-order valence-corrected chi connectivity index (χ3v) is 2.54. The van der Waals surface area contributed by atoms with Gasteiger partial charge in [0.25, 0.3) is 0 Å². The third-order valence-electron chi connectivity index (χ3n) is 0.870. The van der Waals surface area contributed by atoms with E-state index in [1.807, 2.05) is 13.1 Å². The molecule has 44 valence electrons. The smallest absolute Gasteiger partial charge is 0.0896 e. The molecule has 0 saturated heterocycles. The summed E-state index contributed by atoms with van der Waals surface area (Å²) in [6.07, 6.45) is 2.96. The molecule has 0 radical (unpaired) electrons. The van der Waals surface area contributed by atoms with Gasteiger partial charge in [-0.1, -0.05) is 0 Å². The summed E-state index contributed by atoms with van der Waals surface area (Å²) in [6.45, 7) is 2.02. The van der Waals surface area contributed by atoms with Crippen molar-refractivity contribution in [2.75, 3.05) is 0 Å². The minimum Gasteiger partial charge on any atom is -0.250 e. The lowest BCUT2D eigenvalue weighted by Gasteiger charge is -1.78. The fraction of sp³-hybridized carbons (Fsp3) is 0.400. The second-order valence-corrected chi connectivity index (χ2v) is 3.28. The Balaban J connectivity index is 2.84. The molecule has 0 aromatic carbocycles. The molecule has 1 aromatic rings. The minimum absolute atomic E-state index is 1.03. The average molecular weight is 145 g/mol. The third kappa shape index (κ3) is 1.27. The zero-order valence-corrected chi connectivity index (χ0v) is 6.69. The Bertz CT molecular complexity index is 173. The summed E-state index contributed by atoms with van der Waals surface area (Å²) in [7, 11) is 2.68. The van der Waals surface area contributed by atoms with Gasteiger partial charge in [-0.05, 0) is 13.1 Å². The van der Waals surface area contributed by atoms with E-state index in [1.54, 1.807) is 11.3 Å². The normalized spacial score (nSPS) is 9.75. The molecule has 3 heteroatoms. The highest BCUT2D eigenvalue weighted by Gasteiger charge is 1.91. The zero-order chi connectivity index (χ0) is 5.98. The van der Waals surface area contributed by atoms with Gasteiger partial charge in [0, 0.05) is 11.1 Å². The van der Waals surface area contributed by atoms with Crippen LogP contribution in [0.5, 0.6) is 0 Å². The van der Waals surface area contributed by atoms with Crippen molar-refractivity contribution < 1.29 is 0 Å². The number of rotatable bonds is 1. The van der Waals surface area contributed by atoms with Crippen molar-refractivity contribution in [2.45, 2.75) is 13.1 Å². The summed E-state index contributed by atoms with van der Waals surface area (Å²) >= 11 is 1.76. The molecule has 0 fully saturated rings. The lowest BCUT2D eigenvalue weighted by molar-refractivity contribution is 1.28. The van der Waals surface area contributed by atoms with E-state index in [2.05, 4.69) is 14.2 Å². The average Bonchev–Trinajstić information content (AvgIpc) is 2.14. The van der Waals surface area contributed by atoms with Crippen LogP contribution in [-0.4, -0.2) is 4.98 Å². The van der Waals surface area contributed by atoms with Crippen molar-refractivity contribution >= 4 is 20.6 Å². The molecule has 0 spiro atoms. The quantitative estimate of drug-likeness (QED) is 0.549. The Hall–Kier alpha value is 0.0600. The maximum Gasteiger partial charge on any atom is 0.0896 e. The van der Waals surface area contributed by atoms with Crippen LogP contribution in [-0.2, 0) is 6.16 Å². The highest BCUT2D eigenvalue weighted by molar-refractivity contribution is 7.18. The SMILES string of the molecule is Cc1ncc(CP)s1. The van der Waals surface area contributed by atoms with E-state index in [-0.39, 0.29) is 0 Å². The number of nitrogens with zero attached hydrogens (tertiary/aromatic N) is 1. The largest absolute Gasteiger partial charge is 0.250 e. The molecule has 0 aliphatic rings. The maximum atomic E-state index is 4.09. The minimum atomic E-state index is 1.03. The molecule has 0 amide bonds. The van der Waals surface area contributed by atoms with Gasteiger partial charge in [-0.25, -0.2) is 4.98 Å². The van der Waals surface area contributed by atoms with E-state index in [0.29, 0.717) is 0 Å². The van der Waals surface area contributed by atoms with Crippen molar-refractivity contribution in [2.24, 2.45) is 0 Å². The number of thiazole rings is 1. The van der Waals surface area contributed by atoms with Crippen molar-refractivity contribution in [3.63, 3.8) is 0 Å². The Morgan fingerprint density at radius 3 is 2.88 bits per heavy atom. The van der Waals surface area contributed by atoms with E-state index in [9.17, 15) is 0 Å². The van der Waals surface area contributed by atoms with Gasteiger partial charge in [0.05, 0.1) is 5.01 Å². The van der Waals surface area contributed by atoms with E-state index in [4.69, 9.17) is 0 Å². The summed E-state index contributed by atoms with van der Waals surface area (Å²) in [5, 5.41) is 1.16. The van der Waals surface area contributed by atoms with Crippen molar-refractivity contribution in [1.82, 2.24) is 4.98 Å². The summed E-state index contributed by atoms with van der Waals surface area (Å²) in [6, 6.07) is 0.